The summed E-state index contributed by atoms with van der Waals surface area (Å²) in [5, 5.41) is 0.829. The fraction of sp³-hybridized carbons (Fsp3) is 0. The molecule has 1 aromatic rings. The molecular formula is C6H2Cl4O. The maximum absolute atomic E-state index is 5.67. The summed E-state index contributed by atoms with van der Waals surface area (Å²) in [6.07, 6.45) is 0. The second kappa shape index (κ2) is 3.72. The first kappa shape index (κ1) is 9.27. The highest BCUT2D eigenvalue weighted by molar-refractivity contribution is 6.48. The third-order valence-electron chi connectivity index (χ3n) is 1.08. The van der Waals surface area contributed by atoms with Crippen LogP contribution >= 0.6 is 46.7 Å². The van der Waals surface area contributed by atoms with E-state index in [-0.39, 0.29) is 10.0 Å². The molecule has 0 fully saturated rings. The zero-order valence-corrected chi connectivity index (χ0v) is 8.10. The first-order chi connectivity index (χ1) is 5.16. The molecule has 0 heterocycles. The highest BCUT2D eigenvalue weighted by atomic mass is 35.5. The van der Waals surface area contributed by atoms with E-state index in [2.05, 4.69) is 4.29 Å². The molecule has 0 saturated carbocycles. The molecule has 0 saturated heterocycles. The van der Waals surface area contributed by atoms with E-state index in [4.69, 9.17) is 46.7 Å². The molecule has 11 heavy (non-hydrogen) atoms. The van der Waals surface area contributed by atoms with Gasteiger partial charge in [-0.1, -0.05) is 34.8 Å². The van der Waals surface area contributed by atoms with Crippen LogP contribution in [-0.4, -0.2) is 0 Å². The van der Waals surface area contributed by atoms with E-state index >= 15 is 0 Å². The van der Waals surface area contributed by atoms with Gasteiger partial charge in [-0.2, -0.15) is 0 Å². The summed E-state index contributed by atoms with van der Waals surface area (Å²) in [5.41, 5.74) is 0. The van der Waals surface area contributed by atoms with Crippen molar-refractivity contribution in [3.8, 4) is 5.75 Å². The van der Waals surface area contributed by atoms with Gasteiger partial charge in [0.1, 0.15) is 16.9 Å². The maximum atomic E-state index is 5.67. The third-order valence-corrected chi connectivity index (χ3v) is 2.53. The second-order valence-corrected chi connectivity index (χ2v) is 3.07. The smallest absolute Gasteiger partial charge is 0.166 e. The van der Waals surface area contributed by atoms with Gasteiger partial charge < -0.3 is 4.29 Å². The summed E-state index contributed by atoms with van der Waals surface area (Å²) in [5.74, 6) is 0.294. The van der Waals surface area contributed by atoms with Gasteiger partial charge in [0.2, 0.25) is 0 Å². The molecular weight excluding hydrogens is 230 g/mol. The first-order valence-electron chi connectivity index (χ1n) is 2.59. The van der Waals surface area contributed by atoms with Crippen molar-refractivity contribution in [2.45, 2.75) is 0 Å². The Morgan fingerprint density at radius 3 is 2.18 bits per heavy atom. The molecule has 0 unspecified atom stereocenters. The zero-order chi connectivity index (χ0) is 8.43. The van der Waals surface area contributed by atoms with Crippen LogP contribution in [0.15, 0.2) is 12.1 Å². The van der Waals surface area contributed by atoms with Crippen molar-refractivity contribution in [3.63, 3.8) is 0 Å². The van der Waals surface area contributed by atoms with Crippen LogP contribution in [-0.2, 0) is 0 Å². The average Bonchev–Trinajstić information content (AvgIpc) is 2.01. The Bertz CT molecular complexity index is 274. The monoisotopic (exact) mass is 230 g/mol. The normalized spacial score (nSPS) is 9.82. The van der Waals surface area contributed by atoms with Crippen LogP contribution in [0.2, 0.25) is 15.1 Å². The Hall–Kier alpha value is 0.180. The molecule has 0 amide bonds. The fourth-order valence-corrected chi connectivity index (χ4v) is 1.30. The molecule has 1 rings (SSSR count). The minimum absolute atomic E-state index is 0.217. The van der Waals surface area contributed by atoms with Gasteiger partial charge in [0.05, 0.1) is 10.0 Å². The van der Waals surface area contributed by atoms with Crippen molar-refractivity contribution < 1.29 is 4.29 Å². The van der Waals surface area contributed by atoms with Crippen molar-refractivity contribution in [1.82, 2.24) is 0 Å². The molecule has 0 aliphatic carbocycles. The standard InChI is InChI=1S/C6H2Cl4O/c7-3-1-2-4(11-10)6(9)5(3)8/h1-2H. The van der Waals surface area contributed by atoms with Gasteiger partial charge in [-0.3, -0.25) is 0 Å². The van der Waals surface area contributed by atoms with Gasteiger partial charge in [-0.15, -0.1) is 0 Å². The highest BCUT2D eigenvalue weighted by Crippen LogP contribution is 2.37. The Morgan fingerprint density at radius 1 is 1.00 bits per heavy atom. The van der Waals surface area contributed by atoms with Crippen LogP contribution in [0.3, 0.4) is 0 Å². The maximum Gasteiger partial charge on any atom is 0.166 e. The molecule has 0 aliphatic heterocycles. The van der Waals surface area contributed by atoms with Gasteiger partial charge in [-0.25, -0.2) is 0 Å². The van der Waals surface area contributed by atoms with Crippen LogP contribution in [0.1, 0.15) is 0 Å². The van der Waals surface area contributed by atoms with Crippen LogP contribution in [0, 0.1) is 0 Å². The Balaban J connectivity index is 3.25. The Morgan fingerprint density at radius 2 is 1.64 bits per heavy atom. The second-order valence-electron chi connectivity index (χ2n) is 1.75. The number of hydrogen-bond donors (Lipinski definition) is 0. The molecule has 1 aromatic carbocycles. The predicted octanol–water partition coefficient (Wildman–Crippen LogP) is 4.18. The van der Waals surface area contributed by atoms with E-state index < -0.39 is 0 Å². The average molecular weight is 232 g/mol. The van der Waals surface area contributed by atoms with Crippen molar-refractivity contribution in [2.75, 3.05) is 0 Å². The number of halogens is 4. The minimum atomic E-state index is 0.217. The minimum Gasteiger partial charge on any atom is -0.384 e. The van der Waals surface area contributed by atoms with Crippen LogP contribution in [0.25, 0.3) is 0 Å². The molecule has 0 atom stereocenters. The van der Waals surface area contributed by atoms with Gasteiger partial charge in [0.15, 0.2) is 5.75 Å². The molecule has 0 spiro atoms. The quantitative estimate of drug-likeness (QED) is 0.659. The highest BCUT2D eigenvalue weighted by Gasteiger charge is 2.08. The Kier molecular flexibility index (Phi) is 3.14. The van der Waals surface area contributed by atoms with Gasteiger partial charge >= 0.3 is 0 Å². The Labute approximate surface area is 83.9 Å². The third kappa shape index (κ3) is 1.85. The SMILES string of the molecule is ClOc1ccc(Cl)c(Cl)c1Cl. The number of hydrogen-bond acceptors (Lipinski definition) is 1. The molecule has 5 heteroatoms. The lowest BCUT2D eigenvalue weighted by Gasteiger charge is -2.01. The summed E-state index contributed by atoms with van der Waals surface area (Å²) >= 11 is 22.0. The van der Waals surface area contributed by atoms with Gasteiger partial charge in [-0.05, 0) is 12.1 Å². The molecule has 1 nitrogen and oxygen atoms in total. The largest absolute Gasteiger partial charge is 0.384 e. The van der Waals surface area contributed by atoms with Crippen LogP contribution in [0.5, 0.6) is 5.75 Å². The lowest BCUT2D eigenvalue weighted by Crippen LogP contribution is -1.78. The van der Waals surface area contributed by atoms with E-state index in [1.165, 1.54) is 6.07 Å². The lowest BCUT2D eigenvalue weighted by atomic mass is 10.3. The summed E-state index contributed by atoms with van der Waals surface area (Å²) in [6, 6.07) is 3.08. The molecule has 0 aliphatic rings. The van der Waals surface area contributed by atoms with E-state index in [1.54, 1.807) is 6.07 Å². The van der Waals surface area contributed by atoms with Crippen molar-refractivity contribution >= 4 is 46.7 Å². The first-order valence-corrected chi connectivity index (χ1v) is 4.03. The van der Waals surface area contributed by atoms with Gasteiger partial charge in [0, 0.05) is 0 Å². The molecule has 0 bridgehead atoms. The molecule has 0 N–H and O–H groups in total. The van der Waals surface area contributed by atoms with E-state index in [0.717, 1.165) is 0 Å². The summed E-state index contributed by atoms with van der Waals surface area (Å²) in [6.45, 7) is 0. The van der Waals surface area contributed by atoms with E-state index in [0.29, 0.717) is 10.8 Å². The van der Waals surface area contributed by atoms with E-state index in [9.17, 15) is 0 Å². The number of rotatable bonds is 1. The molecule has 0 aromatic heterocycles. The van der Waals surface area contributed by atoms with Crippen molar-refractivity contribution in [1.29, 1.82) is 0 Å². The van der Waals surface area contributed by atoms with Crippen molar-refractivity contribution in [2.24, 2.45) is 0 Å². The molecule has 60 valence electrons. The summed E-state index contributed by atoms with van der Waals surface area (Å²) in [7, 11) is 0. The van der Waals surface area contributed by atoms with E-state index in [1.807, 2.05) is 0 Å². The number of benzene rings is 1. The topological polar surface area (TPSA) is 9.23 Å². The lowest BCUT2D eigenvalue weighted by molar-refractivity contribution is 0.619. The fourth-order valence-electron chi connectivity index (χ4n) is 0.568. The van der Waals surface area contributed by atoms with Crippen LogP contribution < -0.4 is 4.29 Å². The van der Waals surface area contributed by atoms with Gasteiger partial charge in [0.25, 0.3) is 0 Å². The zero-order valence-electron chi connectivity index (χ0n) is 5.07. The van der Waals surface area contributed by atoms with Crippen molar-refractivity contribution in [3.05, 3.63) is 27.2 Å². The van der Waals surface area contributed by atoms with Crippen LogP contribution in [0.4, 0.5) is 0 Å². The predicted molar refractivity (Wildman–Crippen MR) is 48.0 cm³/mol. The molecule has 0 radical (unpaired) electrons. The summed E-state index contributed by atoms with van der Waals surface area (Å²) in [4.78, 5) is 0. The summed E-state index contributed by atoms with van der Waals surface area (Å²) < 4.78 is 4.38.